The predicted molar refractivity (Wildman–Crippen MR) is 107 cm³/mol. The average molecular weight is 369 g/mol. The van der Waals surface area contributed by atoms with Gasteiger partial charge in [-0.15, -0.1) is 10.2 Å². The standard InChI is InChI=1S/C19H15N9/c20-11-14-16(21)24-19-15(26-25-13-9-5-2-6-10-13)17(22)27-28(19)18(14)23-12-7-3-1-4-8-12/h1-10,23H,(H2,21,24)(H2,22,27). The van der Waals surface area contributed by atoms with E-state index in [-0.39, 0.29) is 22.9 Å². The number of fused-ring (bicyclic) bond motifs is 1. The number of rotatable bonds is 4. The van der Waals surface area contributed by atoms with E-state index in [0.29, 0.717) is 17.2 Å². The van der Waals surface area contributed by atoms with Crippen molar-refractivity contribution in [1.82, 2.24) is 14.6 Å². The molecular weight excluding hydrogens is 354 g/mol. The molecule has 5 N–H and O–H groups in total. The van der Waals surface area contributed by atoms with Crippen molar-refractivity contribution < 1.29 is 0 Å². The van der Waals surface area contributed by atoms with Gasteiger partial charge in [0.15, 0.2) is 23.0 Å². The molecule has 0 spiro atoms. The van der Waals surface area contributed by atoms with Gasteiger partial charge >= 0.3 is 0 Å². The molecule has 0 bridgehead atoms. The number of nitrogens with two attached hydrogens (primary N) is 2. The van der Waals surface area contributed by atoms with Crippen LogP contribution in [0.3, 0.4) is 0 Å². The molecule has 2 heterocycles. The zero-order chi connectivity index (χ0) is 19.5. The zero-order valence-corrected chi connectivity index (χ0v) is 14.6. The van der Waals surface area contributed by atoms with Crippen molar-refractivity contribution in [2.24, 2.45) is 10.2 Å². The van der Waals surface area contributed by atoms with E-state index >= 15 is 0 Å². The number of azo groups is 1. The normalized spacial score (nSPS) is 11.0. The van der Waals surface area contributed by atoms with Gasteiger partial charge in [0.05, 0.1) is 5.69 Å². The van der Waals surface area contributed by atoms with Gasteiger partial charge in [0.1, 0.15) is 17.5 Å². The third-order valence-corrected chi connectivity index (χ3v) is 3.96. The summed E-state index contributed by atoms with van der Waals surface area (Å²) in [6.45, 7) is 0. The fourth-order valence-corrected chi connectivity index (χ4v) is 2.65. The quantitative estimate of drug-likeness (QED) is 0.465. The van der Waals surface area contributed by atoms with Crippen molar-refractivity contribution in [3.8, 4) is 6.07 Å². The Labute approximate surface area is 160 Å². The Kier molecular flexibility index (Phi) is 4.28. The van der Waals surface area contributed by atoms with Gasteiger partial charge in [0, 0.05) is 5.69 Å². The zero-order valence-electron chi connectivity index (χ0n) is 14.6. The van der Waals surface area contributed by atoms with Crippen LogP contribution in [0, 0.1) is 11.3 Å². The summed E-state index contributed by atoms with van der Waals surface area (Å²) < 4.78 is 1.41. The van der Waals surface area contributed by atoms with Crippen LogP contribution in [0.4, 0.5) is 34.5 Å². The van der Waals surface area contributed by atoms with Crippen molar-refractivity contribution >= 4 is 40.2 Å². The van der Waals surface area contributed by atoms with E-state index in [2.05, 4.69) is 31.7 Å². The summed E-state index contributed by atoms with van der Waals surface area (Å²) in [7, 11) is 0. The summed E-state index contributed by atoms with van der Waals surface area (Å²) in [5.41, 5.74) is 14.2. The van der Waals surface area contributed by atoms with Crippen LogP contribution in [0.25, 0.3) is 5.65 Å². The van der Waals surface area contributed by atoms with Crippen LogP contribution in [-0.2, 0) is 0 Å². The van der Waals surface area contributed by atoms with Crippen molar-refractivity contribution in [2.45, 2.75) is 0 Å². The highest BCUT2D eigenvalue weighted by atomic mass is 15.3. The number of nitriles is 1. The molecule has 9 heteroatoms. The number of hydrogen-bond acceptors (Lipinski definition) is 8. The number of para-hydroxylation sites is 1. The van der Waals surface area contributed by atoms with E-state index < -0.39 is 0 Å². The molecule has 0 radical (unpaired) electrons. The van der Waals surface area contributed by atoms with Crippen molar-refractivity contribution in [3.63, 3.8) is 0 Å². The first-order valence-electron chi connectivity index (χ1n) is 8.34. The minimum atomic E-state index is 0.0458. The fraction of sp³-hybridized carbons (Fsp3) is 0. The summed E-state index contributed by atoms with van der Waals surface area (Å²) in [5.74, 6) is 0.520. The van der Waals surface area contributed by atoms with E-state index in [1.165, 1.54) is 4.52 Å². The number of benzene rings is 2. The Hall–Kier alpha value is -4.45. The minimum absolute atomic E-state index is 0.0458. The summed E-state index contributed by atoms with van der Waals surface area (Å²) in [6, 6.07) is 20.6. The van der Waals surface area contributed by atoms with Crippen LogP contribution in [0.5, 0.6) is 0 Å². The maximum atomic E-state index is 9.54. The van der Waals surface area contributed by atoms with Crippen LogP contribution in [-0.4, -0.2) is 14.6 Å². The lowest BCUT2D eigenvalue weighted by Crippen LogP contribution is -2.08. The molecule has 2 aromatic carbocycles. The first kappa shape index (κ1) is 17.0. The molecule has 2 aromatic heterocycles. The molecule has 0 unspecified atom stereocenters. The summed E-state index contributed by atoms with van der Waals surface area (Å²) in [6.07, 6.45) is 0. The number of hydrogen-bond donors (Lipinski definition) is 3. The van der Waals surface area contributed by atoms with Crippen LogP contribution in [0.15, 0.2) is 70.9 Å². The van der Waals surface area contributed by atoms with Gasteiger partial charge in [-0.05, 0) is 24.3 Å². The second-order valence-electron chi connectivity index (χ2n) is 5.83. The van der Waals surface area contributed by atoms with Gasteiger partial charge in [-0.2, -0.15) is 14.9 Å². The minimum Gasteiger partial charge on any atom is -0.382 e. The number of nitrogens with one attached hydrogen (secondary N) is 1. The number of nitrogens with zero attached hydrogens (tertiary/aromatic N) is 6. The number of anilines is 4. The largest absolute Gasteiger partial charge is 0.382 e. The lowest BCUT2D eigenvalue weighted by molar-refractivity contribution is 0.951. The van der Waals surface area contributed by atoms with Crippen molar-refractivity contribution in [2.75, 3.05) is 16.8 Å². The van der Waals surface area contributed by atoms with E-state index in [9.17, 15) is 5.26 Å². The van der Waals surface area contributed by atoms with Gasteiger partial charge < -0.3 is 16.8 Å². The summed E-state index contributed by atoms with van der Waals surface area (Å²) >= 11 is 0. The second kappa shape index (κ2) is 7.05. The maximum Gasteiger partial charge on any atom is 0.189 e. The molecule has 136 valence electrons. The summed E-state index contributed by atoms with van der Waals surface area (Å²) in [4.78, 5) is 4.26. The molecule has 0 saturated heterocycles. The highest BCUT2D eigenvalue weighted by Crippen LogP contribution is 2.33. The molecule has 0 saturated carbocycles. The number of nitrogen functional groups attached to an aromatic ring is 2. The molecule has 0 aliphatic heterocycles. The molecule has 9 nitrogen and oxygen atoms in total. The van der Waals surface area contributed by atoms with E-state index in [4.69, 9.17) is 11.5 Å². The van der Waals surface area contributed by atoms with Gasteiger partial charge in [-0.25, -0.2) is 4.98 Å². The third-order valence-electron chi connectivity index (χ3n) is 3.96. The molecule has 4 rings (SSSR count). The monoisotopic (exact) mass is 369 g/mol. The number of aromatic nitrogens is 3. The maximum absolute atomic E-state index is 9.54. The first-order chi connectivity index (χ1) is 13.7. The summed E-state index contributed by atoms with van der Waals surface area (Å²) in [5, 5.41) is 25.3. The Morgan fingerprint density at radius 3 is 2.29 bits per heavy atom. The smallest absolute Gasteiger partial charge is 0.189 e. The van der Waals surface area contributed by atoms with Crippen LogP contribution >= 0.6 is 0 Å². The highest BCUT2D eigenvalue weighted by molar-refractivity contribution is 5.81. The second-order valence-corrected chi connectivity index (χ2v) is 5.83. The first-order valence-corrected chi connectivity index (χ1v) is 8.34. The van der Waals surface area contributed by atoms with Gasteiger partial charge in [-0.3, -0.25) is 0 Å². The molecule has 0 aliphatic carbocycles. The molecular formula is C19H15N9. The van der Waals surface area contributed by atoms with Crippen LogP contribution < -0.4 is 16.8 Å². The Bertz CT molecular complexity index is 1210. The Morgan fingerprint density at radius 2 is 1.61 bits per heavy atom. The van der Waals surface area contributed by atoms with E-state index in [1.54, 1.807) is 0 Å². The molecule has 28 heavy (non-hydrogen) atoms. The van der Waals surface area contributed by atoms with Gasteiger partial charge in [-0.1, -0.05) is 36.4 Å². The highest BCUT2D eigenvalue weighted by Gasteiger charge is 2.20. The lowest BCUT2D eigenvalue weighted by Gasteiger charge is -2.11. The Morgan fingerprint density at radius 1 is 0.929 bits per heavy atom. The average Bonchev–Trinajstić information content (AvgIpc) is 3.03. The van der Waals surface area contributed by atoms with Crippen molar-refractivity contribution in [1.29, 1.82) is 5.26 Å². The van der Waals surface area contributed by atoms with E-state index in [1.807, 2.05) is 60.7 Å². The topological polar surface area (TPSA) is 143 Å². The van der Waals surface area contributed by atoms with Crippen molar-refractivity contribution in [3.05, 3.63) is 66.2 Å². The van der Waals surface area contributed by atoms with E-state index in [0.717, 1.165) is 5.69 Å². The molecule has 0 aliphatic rings. The molecule has 0 amide bonds. The lowest BCUT2D eigenvalue weighted by atomic mass is 10.2. The SMILES string of the molecule is N#Cc1c(N)nc2c(N=Nc3ccccc3)c(N)nn2c1Nc1ccccc1. The fourth-order valence-electron chi connectivity index (χ4n) is 2.65. The molecule has 4 aromatic rings. The van der Waals surface area contributed by atoms with Gasteiger partial charge in [0.25, 0.3) is 0 Å². The predicted octanol–water partition coefficient (Wildman–Crippen LogP) is 3.92. The third kappa shape index (κ3) is 3.06. The molecule has 0 fully saturated rings. The Balaban J connectivity index is 1.87. The van der Waals surface area contributed by atoms with Gasteiger partial charge in [0.2, 0.25) is 0 Å². The molecule has 0 atom stereocenters. The van der Waals surface area contributed by atoms with Crippen LogP contribution in [0.1, 0.15) is 5.56 Å². The van der Waals surface area contributed by atoms with Crippen LogP contribution in [0.2, 0.25) is 0 Å².